The van der Waals surface area contributed by atoms with Crippen LogP contribution in [0.5, 0.6) is 11.6 Å². The molecule has 0 spiro atoms. The zero-order chi connectivity index (χ0) is 11.5. The summed E-state index contributed by atoms with van der Waals surface area (Å²) in [6, 6.07) is 6.73. The first kappa shape index (κ1) is 11.0. The molecule has 3 nitrogen and oxygen atoms in total. The van der Waals surface area contributed by atoms with Crippen molar-refractivity contribution in [2.75, 3.05) is 0 Å². The Bertz CT molecular complexity index is 519. The van der Waals surface area contributed by atoms with Crippen molar-refractivity contribution in [3.63, 3.8) is 0 Å². The molecule has 1 aromatic heterocycles. The van der Waals surface area contributed by atoms with Gasteiger partial charge in [-0.1, -0.05) is 6.07 Å². The van der Waals surface area contributed by atoms with Crippen LogP contribution < -0.4 is 4.74 Å². The number of halogens is 2. The van der Waals surface area contributed by atoms with Crippen LogP contribution in [0.2, 0.25) is 0 Å². The summed E-state index contributed by atoms with van der Waals surface area (Å²) >= 11 is 3.36. The quantitative estimate of drug-likeness (QED) is 0.791. The van der Waals surface area contributed by atoms with Crippen LogP contribution in [0.25, 0.3) is 0 Å². The van der Waals surface area contributed by atoms with Crippen molar-refractivity contribution in [2.45, 2.75) is 6.92 Å². The van der Waals surface area contributed by atoms with Gasteiger partial charge in [-0.05, 0) is 40.5 Å². The second-order valence-electron chi connectivity index (χ2n) is 3.21. The van der Waals surface area contributed by atoms with Crippen LogP contribution in [0.15, 0.2) is 35.1 Å². The Balaban J connectivity index is 2.27. The zero-order valence-electron chi connectivity index (χ0n) is 8.45. The van der Waals surface area contributed by atoms with Crippen molar-refractivity contribution in [2.24, 2.45) is 0 Å². The lowest BCUT2D eigenvalue weighted by Gasteiger charge is -2.06. The Labute approximate surface area is 100 Å². The first-order valence-electron chi connectivity index (χ1n) is 4.57. The van der Waals surface area contributed by atoms with Crippen molar-refractivity contribution >= 4 is 15.9 Å². The van der Waals surface area contributed by atoms with Gasteiger partial charge in [0.2, 0.25) is 11.8 Å². The fraction of sp³-hybridized carbons (Fsp3) is 0.0909. The van der Waals surface area contributed by atoms with Crippen LogP contribution in [-0.4, -0.2) is 9.97 Å². The predicted octanol–water partition coefficient (Wildman–Crippen LogP) is 3.48. The fourth-order valence-electron chi connectivity index (χ4n) is 1.17. The summed E-state index contributed by atoms with van der Waals surface area (Å²) in [5, 5.41) is 0. The number of nitrogens with zero attached hydrogens (tertiary/aromatic N) is 2. The SMILES string of the molecule is Cc1ccc(Oc2cc(F)ncn2)c(Br)c1. The van der Waals surface area contributed by atoms with Crippen molar-refractivity contribution in [1.82, 2.24) is 9.97 Å². The van der Waals surface area contributed by atoms with Crippen molar-refractivity contribution in [1.29, 1.82) is 0 Å². The Morgan fingerprint density at radius 3 is 2.75 bits per heavy atom. The summed E-state index contributed by atoms with van der Waals surface area (Å²) in [7, 11) is 0. The molecule has 0 saturated heterocycles. The molecule has 1 heterocycles. The first-order chi connectivity index (χ1) is 7.65. The maximum atomic E-state index is 12.8. The normalized spacial score (nSPS) is 10.2. The van der Waals surface area contributed by atoms with Gasteiger partial charge in [0.25, 0.3) is 0 Å². The van der Waals surface area contributed by atoms with Crippen LogP contribution in [-0.2, 0) is 0 Å². The summed E-state index contributed by atoms with van der Waals surface area (Å²) in [5.41, 5.74) is 1.10. The molecular formula is C11H8BrFN2O. The van der Waals surface area contributed by atoms with Crippen LogP contribution in [0, 0.1) is 12.9 Å². The second-order valence-corrected chi connectivity index (χ2v) is 4.07. The third-order valence-corrected chi connectivity index (χ3v) is 2.53. The number of aromatic nitrogens is 2. The Hall–Kier alpha value is -1.49. The van der Waals surface area contributed by atoms with E-state index in [4.69, 9.17) is 4.74 Å². The van der Waals surface area contributed by atoms with Gasteiger partial charge in [0, 0.05) is 0 Å². The molecule has 16 heavy (non-hydrogen) atoms. The van der Waals surface area contributed by atoms with Crippen molar-refractivity contribution in [3.8, 4) is 11.6 Å². The summed E-state index contributed by atoms with van der Waals surface area (Å²) < 4.78 is 19.0. The average molecular weight is 283 g/mol. The van der Waals surface area contributed by atoms with Gasteiger partial charge in [-0.3, -0.25) is 0 Å². The van der Waals surface area contributed by atoms with E-state index in [1.165, 1.54) is 0 Å². The third-order valence-electron chi connectivity index (χ3n) is 1.91. The minimum Gasteiger partial charge on any atom is -0.438 e. The predicted molar refractivity (Wildman–Crippen MR) is 60.9 cm³/mol. The summed E-state index contributed by atoms with van der Waals surface area (Å²) in [4.78, 5) is 7.15. The van der Waals surface area contributed by atoms with E-state index < -0.39 is 5.95 Å². The molecule has 0 unspecified atom stereocenters. The van der Waals surface area contributed by atoms with E-state index in [0.29, 0.717) is 5.75 Å². The number of rotatable bonds is 2. The fourth-order valence-corrected chi connectivity index (χ4v) is 1.75. The van der Waals surface area contributed by atoms with E-state index in [-0.39, 0.29) is 5.88 Å². The van der Waals surface area contributed by atoms with E-state index in [1.807, 2.05) is 19.1 Å². The highest BCUT2D eigenvalue weighted by molar-refractivity contribution is 9.10. The molecule has 0 aliphatic heterocycles. The molecule has 1 aromatic carbocycles. The minimum absolute atomic E-state index is 0.178. The van der Waals surface area contributed by atoms with Crippen LogP contribution in [0.3, 0.4) is 0 Å². The van der Waals surface area contributed by atoms with Gasteiger partial charge < -0.3 is 4.74 Å². The van der Waals surface area contributed by atoms with Gasteiger partial charge in [-0.15, -0.1) is 0 Å². The highest BCUT2D eigenvalue weighted by Crippen LogP contribution is 2.29. The average Bonchev–Trinajstić information content (AvgIpc) is 2.22. The van der Waals surface area contributed by atoms with E-state index in [9.17, 15) is 4.39 Å². The standard InChI is InChI=1S/C11H8BrFN2O/c1-7-2-3-9(8(12)4-7)16-11-5-10(13)14-6-15-11/h2-6H,1H3. The molecule has 0 fully saturated rings. The molecule has 2 rings (SSSR count). The minimum atomic E-state index is -0.617. The van der Waals surface area contributed by atoms with Crippen LogP contribution in [0.4, 0.5) is 4.39 Å². The Kier molecular flexibility index (Phi) is 3.14. The molecular weight excluding hydrogens is 275 g/mol. The summed E-state index contributed by atoms with van der Waals surface area (Å²) in [5.74, 6) is 0.147. The van der Waals surface area contributed by atoms with Gasteiger partial charge in [0.15, 0.2) is 0 Å². The Morgan fingerprint density at radius 1 is 1.25 bits per heavy atom. The number of aryl methyl sites for hydroxylation is 1. The second kappa shape index (κ2) is 4.57. The molecule has 0 bridgehead atoms. The first-order valence-corrected chi connectivity index (χ1v) is 5.36. The summed E-state index contributed by atoms with van der Waals surface area (Å²) in [6.45, 7) is 1.97. The molecule has 0 saturated carbocycles. The Morgan fingerprint density at radius 2 is 2.06 bits per heavy atom. The number of hydrogen-bond donors (Lipinski definition) is 0. The molecule has 0 aliphatic rings. The van der Waals surface area contributed by atoms with E-state index in [1.54, 1.807) is 6.07 Å². The van der Waals surface area contributed by atoms with Crippen LogP contribution in [0.1, 0.15) is 5.56 Å². The molecule has 0 N–H and O–H groups in total. The lowest BCUT2D eigenvalue weighted by atomic mass is 10.2. The highest BCUT2D eigenvalue weighted by atomic mass is 79.9. The van der Waals surface area contributed by atoms with E-state index in [2.05, 4.69) is 25.9 Å². The number of benzene rings is 1. The lowest BCUT2D eigenvalue weighted by Crippen LogP contribution is -1.91. The largest absolute Gasteiger partial charge is 0.438 e. The maximum absolute atomic E-state index is 12.8. The number of ether oxygens (including phenoxy) is 1. The van der Waals surface area contributed by atoms with Crippen molar-refractivity contribution < 1.29 is 9.13 Å². The molecule has 0 amide bonds. The number of hydrogen-bond acceptors (Lipinski definition) is 3. The molecule has 0 atom stereocenters. The summed E-state index contributed by atoms with van der Waals surface area (Å²) in [6.07, 6.45) is 1.12. The van der Waals surface area contributed by atoms with Crippen LogP contribution >= 0.6 is 15.9 Å². The zero-order valence-corrected chi connectivity index (χ0v) is 10.0. The van der Waals surface area contributed by atoms with E-state index in [0.717, 1.165) is 22.4 Å². The van der Waals surface area contributed by atoms with Gasteiger partial charge in [-0.25, -0.2) is 9.97 Å². The molecule has 5 heteroatoms. The third kappa shape index (κ3) is 2.55. The topological polar surface area (TPSA) is 35.0 Å². The monoisotopic (exact) mass is 282 g/mol. The van der Waals surface area contributed by atoms with Gasteiger partial charge >= 0.3 is 0 Å². The molecule has 0 radical (unpaired) electrons. The molecule has 82 valence electrons. The smallest absolute Gasteiger partial charge is 0.225 e. The van der Waals surface area contributed by atoms with E-state index >= 15 is 0 Å². The molecule has 0 aliphatic carbocycles. The molecule has 2 aromatic rings. The highest BCUT2D eigenvalue weighted by Gasteiger charge is 2.04. The maximum Gasteiger partial charge on any atom is 0.225 e. The van der Waals surface area contributed by atoms with Crippen molar-refractivity contribution in [3.05, 3.63) is 46.6 Å². The lowest BCUT2D eigenvalue weighted by molar-refractivity contribution is 0.448. The van der Waals surface area contributed by atoms with Gasteiger partial charge in [0.1, 0.15) is 12.1 Å². The van der Waals surface area contributed by atoms with Gasteiger partial charge in [0.05, 0.1) is 10.5 Å². The van der Waals surface area contributed by atoms with Gasteiger partial charge in [-0.2, -0.15) is 4.39 Å².